The van der Waals surface area contributed by atoms with Gasteiger partial charge >= 0.3 is 0 Å². The van der Waals surface area contributed by atoms with Crippen molar-refractivity contribution in [1.29, 1.82) is 0 Å². The summed E-state index contributed by atoms with van der Waals surface area (Å²) in [6.07, 6.45) is 0.569. The van der Waals surface area contributed by atoms with E-state index in [1.54, 1.807) is 13.0 Å². The number of hydroxylamine groups is 2. The van der Waals surface area contributed by atoms with Crippen LogP contribution >= 0.6 is 0 Å². The molecule has 1 aliphatic heterocycles. The van der Waals surface area contributed by atoms with Crippen molar-refractivity contribution in [3.8, 4) is 5.75 Å². The first kappa shape index (κ1) is 16.6. The van der Waals surface area contributed by atoms with Crippen LogP contribution in [0.15, 0.2) is 18.2 Å². The number of nitrogens with zero attached hydrogens (tertiary/aromatic N) is 2. The van der Waals surface area contributed by atoms with E-state index in [0.29, 0.717) is 5.75 Å². The van der Waals surface area contributed by atoms with Crippen molar-refractivity contribution >= 4 is 17.5 Å². The molecule has 0 radical (unpaired) electrons. The van der Waals surface area contributed by atoms with Crippen molar-refractivity contribution in [3.05, 3.63) is 33.9 Å². The fourth-order valence-corrected chi connectivity index (χ4v) is 1.71. The Bertz CT molecular complexity index is 542. The number of carbonyl (C=O) groups is 2. The molecule has 1 aromatic rings. The summed E-state index contributed by atoms with van der Waals surface area (Å²) in [7, 11) is 2.79. The third-order valence-corrected chi connectivity index (χ3v) is 2.67. The molecule has 1 aromatic carbocycles. The van der Waals surface area contributed by atoms with Gasteiger partial charge in [-0.15, -0.1) is 0 Å². The predicted molar refractivity (Wildman–Crippen MR) is 72.5 cm³/mol. The molecule has 0 N–H and O–H groups in total. The highest BCUT2D eigenvalue weighted by Crippen LogP contribution is 2.21. The topological polar surface area (TPSA) is 99.0 Å². The predicted octanol–water partition coefficient (Wildman–Crippen LogP) is 1.61. The molecule has 1 heterocycles. The molecule has 1 fully saturated rings. The van der Waals surface area contributed by atoms with Crippen LogP contribution in [0.25, 0.3) is 0 Å². The number of amides is 2. The molecule has 2 rings (SSSR count). The average molecular weight is 296 g/mol. The Morgan fingerprint density at radius 2 is 1.71 bits per heavy atom. The molecule has 0 saturated carbocycles. The number of non-ortho nitro benzene ring substituents is 1. The van der Waals surface area contributed by atoms with Crippen molar-refractivity contribution in [2.75, 3.05) is 14.2 Å². The maximum atomic E-state index is 10.6. The number of carbonyl (C=O) groups excluding carboxylic acids is 2. The van der Waals surface area contributed by atoms with Gasteiger partial charge in [0.05, 0.1) is 25.2 Å². The summed E-state index contributed by atoms with van der Waals surface area (Å²) in [6.45, 7) is 1.79. The number of ether oxygens (including phenoxy) is 1. The average Bonchev–Trinajstić information content (AvgIpc) is 2.77. The number of hydrogen-bond acceptors (Lipinski definition) is 6. The molecule has 8 heteroatoms. The van der Waals surface area contributed by atoms with Crippen molar-refractivity contribution in [3.63, 3.8) is 0 Å². The number of nitro groups is 1. The second-order valence-electron chi connectivity index (χ2n) is 4.23. The summed E-state index contributed by atoms with van der Waals surface area (Å²) in [5, 5.41) is 11.2. The van der Waals surface area contributed by atoms with Gasteiger partial charge in [-0.3, -0.25) is 24.5 Å². The Hall–Kier alpha value is -2.48. The second-order valence-corrected chi connectivity index (χ2v) is 4.23. The first-order chi connectivity index (χ1) is 9.88. The third-order valence-electron chi connectivity index (χ3n) is 2.67. The highest BCUT2D eigenvalue weighted by atomic mass is 16.7. The van der Waals surface area contributed by atoms with Crippen LogP contribution in [-0.2, 0) is 14.4 Å². The summed E-state index contributed by atoms with van der Waals surface area (Å²) < 4.78 is 4.88. The van der Waals surface area contributed by atoms with E-state index in [2.05, 4.69) is 4.84 Å². The molecule has 1 aliphatic rings. The highest BCUT2D eigenvalue weighted by molar-refractivity contribution is 6.00. The second kappa shape index (κ2) is 7.34. The molecule has 0 aliphatic carbocycles. The molecule has 0 unspecified atom stereocenters. The van der Waals surface area contributed by atoms with E-state index >= 15 is 0 Å². The van der Waals surface area contributed by atoms with Crippen LogP contribution in [0.1, 0.15) is 18.4 Å². The Labute approximate surface area is 121 Å². The van der Waals surface area contributed by atoms with Gasteiger partial charge in [0.1, 0.15) is 5.75 Å². The van der Waals surface area contributed by atoms with Gasteiger partial charge < -0.3 is 4.74 Å². The molecule has 0 bridgehead atoms. The first-order valence-electron chi connectivity index (χ1n) is 6.09. The summed E-state index contributed by atoms with van der Waals surface area (Å²) in [5.74, 6) is 0.0201. The minimum Gasteiger partial charge on any atom is -0.496 e. The van der Waals surface area contributed by atoms with Gasteiger partial charge in [0, 0.05) is 18.9 Å². The quantitative estimate of drug-likeness (QED) is 0.477. The molecular weight excluding hydrogens is 280 g/mol. The lowest BCUT2D eigenvalue weighted by atomic mass is 10.2. The van der Waals surface area contributed by atoms with E-state index in [9.17, 15) is 19.7 Å². The lowest BCUT2D eigenvalue weighted by molar-refractivity contribution is -0.385. The van der Waals surface area contributed by atoms with E-state index < -0.39 is 4.92 Å². The van der Waals surface area contributed by atoms with Gasteiger partial charge in [0.15, 0.2) is 0 Å². The molecule has 8 nitrogen and oxygen atoms in total. The Kier molecular flexibility index (Phi) is 5.79. The van der Waals surface area contributed by atoms with E-state index in [0.717, 1.165) is 10.6 Å². The number of aryl methyl sites for hydroxylation is 1. The zero-order chi connectivity index (χ0) is 16.0. The van der Waals surface area contributed by atoms with E-state index in [4.69, 9.17) is 4.74 Å². The molecule has 0 spiro atoms. The minimum atomic E-state index is -0.435. The van der Waals surface area contributed by atoms with Gasteiger partial charge in [0.25, 0.3) is 17.5 Å². The minimum absolute atomic E-state index is 0.0619. The van der Waals surface area contributed by atoms with E-state index in [-0.39, 0.29) is 30.3 Å². The molecular formula is C13H16N2O6. The van der Waals surface area contributed by atoms with Crippen LogP contribution in [0.5, 0.6) is 5.75 Å². The van der Waals surface area contributed by atoms with Gasteiger partial charge in [-0.25, -0.2) is 0 Å². The smallest absolute Gasteiger partial charge is 0.273 e. The lowest BCUT2D eigenvalue weighted by Crippen LogP contribution is -2.27. The number of benzene rings is 1. The Balaban J connectivity index is 0.000000219. The van der Waals surface area contributed by atoms with Crippen LogP contribution in [-0.4, -0.2) is 36.0 Å². The number of nitro benzene ring substituents is 1. The van der Waals surface area contributed by atoms with Crippen LogP contribution in [0, 0.1) is 17.0 Å². The maximum absolute atomic E-state index is 10.6. The highest BCUT2D eigenvalue weighted by Gasteiger charge is 2.28. The maximum Gasteiger partial charge on any atom is 0.273 e. The normalized spacial score (nSPS) is 13.8. The fraction of sp³-hybridized carbons (Fsp3) is 0.385. The van der Waals surface area contributed by atoms with Crippen LogP contribution in [0.2, 0.25) is 0 Å². The van der Waals surface area contributed by atoms with Crippen LogP contribution < -0.4 is 4.74 Å². The molecule has 1 saturated heterocycles. The SMILES string of the molecule is CON1C(=O)CCC1=O.COc1cc(C)cc([N+](=O)[O-])c1. The first-order valence-corrected chi connectivity index (χ1v) is 6.09. The van der Waals surface area contributed by atoms with Crippen LogP contribution in [0.4, 0.5) is 5.69 Å². The van der Waals surface area contributed by atoms with E-state index in [1.807, 2.05) is 0 Å². The number of imide groups is 1. The Morgan fingerprint density at radius 1 is 1.14 bits per heavy atom. The molecule has 0 aromatic heterocycles. The number of methoxy groups -OCH3 is 1. The summed E-state index contributed by atoms with van der Waals surface area (Å²) in [4.78, 5) is 35.6. The molecule has 21 heavy (non-hydrogen) atoms. The van der Waals surface area contributed by atoms with Crippen molar-refractivity contribution in [2.24, 2.45) is 0 Å². The number of hydrogen-bond donors (Lipinski definition) is 0. The van der Waals surface area contributed by atoms with Gasteiger partial charge in [-0.1, -0.05) is 0 Å². The largest absolute Gasteiger partial charge is 0.496 e. The summed E-state index contributed by atoms with van der Waals surface area (Å²) in [5.41, 5.74) is 0.882. The van der Waals surface area contributed by atoms with E-state index in [1.165, 1.54) is 26.4 Å². The third kappa shape index (κ3) is 4.53. The van der Waals surface area contributed by atoms with Crippen molar-refractivity contribution in [1.82, 2.24) is 5.06 Å². The summed E-state index contributed by atoms with van der Waals surface area (Å²) >= 11 is 0. The van der Waals surface area contributed by atoms with Gasteiger partial charge in [-0.2, -0.15) is 5.06 Å². The molecule has 2 amide bonds. The fourth-order valence-electron chi connectivity index (χ4n) is 1.71. The monoisotopic (exact) mass is 296 g/mol. The zero-order valence-electron chi connectivity index (χ0n) is 12.0. The van der Waals surface area contributed by atoms with Crippen molar-refractivity contribution in [2.45, 2.75) is 19.8 Å². The van der Waals surface area contributed by atoms with Gasteiger partial charge in [-0.05, 0) is 18.6 Å². The molecule has 114 valence electrons. The van der Waals surface area contributed by atoms with Crippen molar-refractivity contribution < 1.29 is 24.1 Å². The lowest BCUT2D eigenvalue weighted by Gasteiger charge is -2.07. The standard InChI is InChI=1S/C8H9NO3.C5H7NO3/c1-6-3-7(9(10)11)5-8(4-6)12-2;1-9-6-4(7)2-3-5(6)8/h3-5H,1-2H3;2-3H2,1H3. The number of rotatable bonds is 3. The van der Waals surface area contributed by atoms with Gasteiger partial charge in [0.2, 0.25) is 0 Å². The molecule has 0 atom stereocenters. The van der Waals surface area contributed by atoms with Crippen LogP contribution in [0.3, 0.4) is 0 Å². The Morgan fingerprint density at radius 3 is 2.10 bits per heavy atom. The zero-order valence-corrected chi connectivity index (χ0v) is 12.0. The summed E-state index contributed by atoms with van der Waals surface area (Å²) in [6, 6.07) is 4.64.